The van der Waals surface area contributed by atoms with Gasteiger partial charge in [-0.2, -0.15) is 0 Å². The maximum Gasteiger partial charge on any atom is 0.226 e. The van der Waals surface area contributed by atoms with E-state index in [1.807, 2.05) is 54.6 Å². The standard InChI is InChI=1S/C23H26N4O2/c1-15(2)13-27-14-17(12-20(27)28)23(29)26-21(16-8-4-3-5-9-16)22-24-18-10-6-7-11-19(18)25-22/h3-11,15,17,21H,12-14H2,1-2H3,(H,24,25)(H,26,29). The van der Waals surface area contributed by atoms with Crippen LogP contribution in [-0.2, 0) is 9.59 Å². The van der Waals surface area contributed by atoms with Crippen molar-refractivity contribution in [3.63, 3.8) is 0 Å². The number of para-hydroxylation sites is 2. The van der Waals surface area contributed by atoms with Crippen molar-refractivity contribution in [2.75, 3.05) is 13.1 Å². The Morgan fingerprint density at radius 1 is 1.17 bits per heavy atom. The number of nitrogens with one attached hydrogen (secondary N) is 2. The van der Waals surface area contributed by atoms with Crippen LogP contribution in [0.25, 0.3) is 11.0 Å². The number of fused-ring (bicyclic) bond motifs is 1. The minimum atomic E-state index is -0.398. The molecule has 1 aliphatic rings. The van der Waals surface area contributed by atoms with Crippen molar-refractivity contribution in [1.29, 1.82) is 0 Å². The van der Waals surface area contributed by atoms with Crippen LogP contribution in [0, 0.1) is 11.8 Å². The lowest BCUT2D eigenvalue weighted by molar-refractivity contribution is -0.129. The number of amides is 2. The summed E-state index contributed by atoms with van der Waals surface area (Å²) in [5.74, 6) is 0.678. The quantitative estimate of drug-likeness (QED) is 0.678. The molecule has 2 aromatic carbocycles. The molecule has 1 fully saturated rings. The Kier molecular flexibility index (Phi) is 5.34. The fourth-order valence-corrected chi connectivity index (χ4v) is 3.89. The van der Waals surface area contributed by atoms with Crippen molar-refractivity contribution in [2.24, 2.45) is 11.8 Å². The van der Waals surface area contributed by atoms with Crippen molar-refractivity contribution in [3.8, 4) is 0 Å². The molecule has 150 valence electrons. The highest BCUT2D eigenvalue weighted by molar-refractivity contribution is 5.89. The maximum absolute atomic E-state index is 13.1. The maximum atomic E-state index is 13.1. The summed E-state index contributed by atoms with van der Waals surface area (Å²) in [7, 11) is 0. The van der Waals surface area contributed by atoms with E-state index >= 15 is 0 Å². The zero-order valence-corrected chi connectivity index (χ0v) is 16.8. The molecule has 1 aliphatic heterocycles. The van der Waals surface area contributed by atoms with Gasteiger partial charge in [-0.3, -0.25) is 9.59 Å². The Morgan fingerprint density at radius 3 is 2.62 bits per heavy atom. The molecule has 2 heterocycles. The van der Waals surface area contributed by atoms with Gasteiger partial charge < -0.3 is 15.2 Å². The molecule has 0 radical (unpaired) electrons. The minimum Gasteiger partial charge on any atom is -0.342 e. The molecule has 2 atom stereocenters. The van der Waals surface area contributed by atoms with Gasteiger partial charge in [-0.15, -0.1) is 0 Å². The Bertz CT molecular complexity index is 979. The largest absolute Gasteiger partial charge is 0.342 e. The van der Waals surface area contributed by atoms with Gasteiger partial charge in [0, 0.05) is 19.5 Å². The van der Waals surface area contributed by atoms with E-state index in [-0.39, 0.29) is 24.2 Å². The number of nitrogens with zero attached hydrogens (tertiary/aromatic N) is 2. The van der Waals surface area contributed by atoms with Crippen LogP contribution in [0.15, 0.2) is 54.6 Å². The summed E-state index contributed by atoms with van der Waals surface area (Å²) in [5.41, 5.74) is 2.73. The number of benzene rings is 2. The van der Waals surface area contributed by atoms with Crippen LogP contribution in [0.3, 0.4) is 0 Å². The van der Waals surface area contributed by atoms with Crippen LogP contribution in [-0.4, -0.2) is 39.8 Å². The molecule has 2 amide bonds. The topological polar surface area (TPSA) is 78.1 Å². The van der Waals surface area contributed by atoms with Gasteiger partial charge in [-0.1, -0.05) is 56.3 Å². The van der Waals surface area contributed by atoms with Crippen molar-refractivity contribution in [2.45, 2.75) is 26.3 Å². The monoisotopic (exact) mass is 390 g/mol. The SMILES string of the molecule is CC(C)CN1CC(C(=O)NC(c2ccccc2)c2nc3ccccc3[nH]2)CC1=O. The van der Waals surface area contributed by atoms with Crippen molar-refractivity contribution < 1.29 is 9.59 Å². The molecule has 1 aromatic heterocycles. The van der Waals surface area contributed by atoms with Gasteiger partial charge in [0.15, 0.2) is 0 Å². The Hall–Kier alpha value is -3.15. The number of aromatic amines is 1. The average molecular weight is 390 g/mol. The molecule has 6 heteroatoms. The van der Waals surface area contributed by atoms with E-state index in [1.54, 1.807) is 4.90 Å². The summed E-state index contributed by atoms with van der Waals surface area (Å²) >= 11 is 0. The molecule has 0 bridgehead atoms. The third-order valence-electron chi connectivity index (χ3n) is 5.27. The Balaban J connectivity index is 1.58. The van der Waals surface area contributed by atoms with E-state index in [9.17, 15) is 9.59 Å². The number of rotatable bonds is 6. The van der Waals surface area contributed by atoms with E-state index < -0.39 is 6.04 Å². The first kappa shape index (κ1) is 19.2. The molecule has 29 heavy (non-hydrogen) atoms. The number of imidazole rings is 1. The third-order valence-corrected chi connectivity index (χ3v) is 5.27. The Labute approximate surface area is 170 Å². The summed E-state index contributed by atoms with van der Waals surface area (Å²) in [4.78, 5) is 35.2. The second kappa shape index (κ2) is 8.07. The molecule has 0 saturated carbocycles. The predicted molar refractivity (Wildman–Crippen MR) is 112 cm³/mol. The van der Waals surface area contributed by atoms with Crippen molar-refractivity contribution in [1.82, 2.24) is 20.2 Å². The molecule has 4 rings (SSSR count). The smallest absolute Gasteiger partial charge is 0.226 e. The zero-order chi connectivity index (χ0) is 20.4. The number of hydrogen-bond donors (Lipinski definition) is 2. The highest BCUT2D eigenvalue weighted by Gasteiger charge is 2.35. The van der Waals surface area contributed by atoms with E-state index in [1.165, 1.54) is 0 Å². The van der Waals surface area contributed by atoms with Crippen LogP contribution in [0.2, 0.25) is 0 Å². The van der Waals surface area contributed by atoms with Gasteiger partial charge in [0.1, 0.15) is 11.9 Å². The lowest BCUT2D eigenvalue weighted by Crippen LogP contribution is -2.37. The summed E-state index contributed by atoms with van der Waals surface area (Å²) in [6.45, 7) is 5.32. The first-order valence-corrected chi connectivity index (χ1v) is 10.1. The van der Waals surface area contributed by atoms with Crippen LogP contribution in [0.4, 0.5) is 0 Å². The molecule has 1 saturated heterocycles. The lowest BCUT2D eigenvalue weighted by atomic mass is 10.0. The molecule has 3 aromatic rings. The number of likely N-dealkylation sites (tertiary alicyclic amines) is 1. The van der Waals surface area contributed by atoms with Gasteiger partial charge in [0.2, 0.25) is 11.8 Å². The lowest BCUT2D eigenvalue weighted by Gasteiger charge is -2.21. The first-order chi connectivity index (χ1) is 14.0. The van der Waals surface area contributed by atoms with Crippen LogP contribution >= 0.6 is 0 Å². The highest BCUT2D eigenvalue weighted by Crippen LogP contribution is 2.25. The molecule has 0 aliphatic carbocycles. The molecular formula is C23H26N4O2. The van der Waals surface area contributed by atoms with Crippen molar-refractivity contribution in [3.05, 3.63) is 66.0 Å². The summed E-state index contributed by atoms with van der Waals surface area (Å²) in [6.07, 6.45) is 0.264. The van der Waals surface area contributed by atoms with E-state index in [2.05, 4.69) is 24.1 Å². The first-order valence-electron chi connectivity index (χ1n) is 10.1. The summed E-state index contributed by atoms with van der Waals surface area (Å²) < 4.78 is 0. The van der Waals surface area contributed by atoms with E-state index in [0.29, 0.717) is 24.8 Å². The molecular weight excluding hydrogens is 364 g/mol. The fraction of sp³-hybridized carbons (Fsp3) is 0.348. The average Bonchev–Trinajstić information content (AvgIpc) is 3.30. The van der Waals surface area contributed by atoms with Gasteiger partial charge in [0.05, 0.1) is 17.0 Å². The minimum absolute atomic E-state index is 0.0545. The van der Waals surface area contributed by atoms with Gasteiger partial charge in [0.25, 0.3) is 0 Å². The van der Waals surface area contributed by atoms with Crippen molar-refractivity contribution >= 4 is 22.8 Å². The zero-order valence-electron chi connectivity index (χ0n) is 16.8. The molecule has 2 N–H and O–H groups in total. The number of carbonyl (C=O) groups is 2. The fourth-order valence-electron chi connectivity index (χ4n) is 3.89. The highest BCUT2D eigenvalue weighted by atomic mass is 16.2. The molecule has 2 unspecified atom stereocenters. The second-order valence-electron chi connectivity index (χ2n) is 8.09. The van der Waals surface area contributed by atoms with E-state index in [4.69, 9.17) is 4.98 Å². The third kappa shape index (κ3) is 4.16. The van der Waals surface area contributed by atoms with Gasteiger partial charge in [-0.05, 0) is 23.6 Å². The van der Waals surface area contributed by atoms with Gasteiger partial charge in [-0.25, -0.2) is 4.98 Å². The number of aromatic nitrogens is 2. The number of carbonyl (C=O) groups excluding carboxylic acids is 2. The van der Waals surface area contributed by atoms with Gasteiger partial charge >= 0.3 is 0 Å². The van der Waals surface area contributed by atoms with Crippen LogP contribution in [0.5, 0.6) is 0 Å². The van der Waals surface area contributed by atoms with Crippen LogP contribution in [0.1, 0.15) is 37.7 Å². The molecule has 0 spiro atoms. The number of H-pyrrole nitrogens is 1. The second-order valence-corrected chi connectivity index (χ2v) is 8.09. The summed E-state index contributed by atoms with van der Waals surface area (Å²) in [6, 6.07) is 17.2. The number of hydrogen-bond acceptors (Lipinski definition) is 3. The molecule has 6 nitrogen and oxygen atoms in total. The van der Waals surface area contributed by atoms with E-state index in [0.717, 1.165) is 16.6 Å². The summed E-state index contributed by atoms with van der Waals surface area (Å²) in [5, 5.41) is 3.14. The van der Waals surface area contributed by atoms with Crippen LogP contribution < -0.4 is 5.32 Å². The normalized spacial score (nSPS) is 17.8. The Morgan fingerprint density at radius 2 is 1.90 bits per heavy atom. The predicted octanol–water partition coefficient (Wildman–Crippen LogP) is 3.27.